The van der Waals surface area contributed by atoms with Crippen molar-refractivity contribution in [1.82, 2.24) is 0 Å². The van der Waals surface area contributed by atoms with Crippen molar-refractivity contribution < 1.29 is 4.74 Å². The maximum atomic E-state index is 5.03. The molecule has 0 saturated heterocycles. The van der Waals surface area contributed by atoms with E-state index in [0.29, 0.717) is 0 Å². The smallest absolute Gasteiger partial charge is 0.0846 e. The van der Waals surface area contributed by atoms with Crippen LogP contribution >= 0.6 is 22.6 Å². The summed E-state index contributed by atoms with van der Waals surface area (Å²) < 4.78 is 6.28. The average molecular weight is 226 g/mol. The van der Waals surface area contributed by atoms with Gasteiger partial charge in [-0.05, 0) is 36.4 Å². The molecule has 2 heteroatoms. The van der Waals surface area contributed by atoms with Crippen molar-refractivity contribution in [3.05, 3.63) is 9.66 Å². The third-order valence-corrected chi connectivity index (χ3v) is 2.52. The van der Waals surface area contributed by atoms with Crippen molar-refractivity contribution in [3.8, 4) is 0 Å². The molecule has 0 unspecified atom stereocenters. The Morgan fingerprint density at radius 1 is 1.75 bits per heavy atom. The summed E-state index contributed by atoms with van der Waals surface area (Å²) in [5, 5.41) is 0. The van der Waals surface area contributed by atoms with Crippen LogP contribution in [0.15, 0.2) is 9.66 Å². The number of rotatable bonds is 2. The predicted molar refractivity (Wildman–Crippen MR) is 44.2 cm³/mol. The third-order valence-electron chi connectivity index (χ3n) is 1.02. The number of halogens is 1. The molecular formula is C6H11IO. The van der Waals surface area contributed by atoms with Crippen LogP contribution in [0.3, 0.4) is 0 Å². The summed E-state index contributed by atoms with van der Waals surface area (Å²) in [4.78, 5) is 0. The van der Waals surface area contributed by atoms with Gasteiger partial charge >= 0.3 is 0 Å². The molecule has 0 aliphatic heterocycles. The number of methoxy groups -OCH3 is 1. The third kappa shape index (κ3) is 2.67. The summed E-state index contributed by atoms with van der Waals surface area (Å²) >= 11 is 2.27. The fraction of sp³-hybridized carbons (Fsp3) is 0.667. The van der Waals surface area contributed by atoms with Gasteiger partial charge in [0.25, 0.3) is 0 Å². The van der Waals surface area contributed by atoms with Crippen molar-refractivity contribution in [2.45, 2.75) is 20.0 Å². The van der Waals surface area contributed by atoms with E-state index < -0.39 is 0 Å². The molecule has 0 rings (SSSR count). The zero-order valence-corrected chi connectivity index (χ0v) is 7.60. The molecular weight excluding hydrogens is 215 g/mol. The molecule has 0 aromatic rings. The zero-order chi connectivity index (χ0) is 6.57. The van der Waals surface area contributed by atoms with Gasteiger partial charge in [-0.1, -0.05) is 6.08 Å². The van der Waals surface area contributed by atoms with E-state index in [0.717, 1.165) is 0 Å². The molecule has 0 N–H and O–H groups in total. The molecule has 0 amide bonds. The van der Waals surface area contributed by atoms with Crippen molar-refractivity contribution >= 4 is 22.6 Å². The number of ether oxygens (including phenoxy) is 1. The molecule has 8 heavy (non-hydrogen) atoms. The molecule has 0 bridgehead atoms. The molecule has 1 nitrogen and oxygen atoms in total. The summed E-state index contributed by atoms with van der Waals surface area (Å²) in [6.45, 7) is 4.04. The molecule has 0 spiro atoms. The van der Waals surface area contributed by atoms with Gasteiger partial charge in [0.05, 0.1) is 6.10 Å². The van der Waals surface area contributed by atoms with Gasteiger partial charge in [0.2, 0.25) is 0 Å². The fourth-order valence-corrected chi connectivity index (χ4v) is 0.602. The lowest BCUT2D eigenvalue weighted by atomic mass is 10.4. The van der Waals surface area contributed by atoms with E-state index in [1.165, 1.54) is 3.58 Å². The summed E-state index contributed by atoms with van der Waals surface area (Å²) in [5.74, 6) is 0. The second-order valence-corrected chi connectivity index (χ2v) is 2.80. The van der Waals surface area contributed by atoms with Crippen molar-refractivity contribution in [2.75, 3.05) is 7.11 Å². The van der Waals surface area contributed by atoms with Crippen LogP contribution in [0.4, 0.5) is 0 Å². The Morgan fingerprint density at radius 2 is 2.25 bits per heavy atom. The summed E-state index contributed by atoms with van der Waals surface area (Å²) in [7, 11) is 1.72. The topological polar surface area (TPSA) is 9.23 Å². The SMILES string of the molecule is C/C=C(/I)[C@@H](C)OC. The minimum atomic E-state index is 0.264. The molecule has 0 fully saturated rings. The van der Waals surface area contributed by atoms with Crippen LogP contribution in [0, 0.1) is 0 Å². The molecule has 0 aliphatic rings. The Morgan fingerprint density at radius 3 is 2.38 bits per heavy atom. The first-order chi connectivity index (χ1) is 3.72. The van der Waals surface area contributed by atoms with Crippen molar-refractivity contribution in [3.63, 3.8) is 0 Å². The van der Waals surface area contributed by atoms with E-state index in [9.17, 15) is 0 Å². The minimum absolute atomic E-state index is 0.264. The van der Waals surface area contributed by atoms with Crippen LogP contribution in [0.5, 0.6) is 0 Å². The van der Waals surface area contributed by atoms with E-state index in [4.69, 9.17) is 4.74 Å². The molecule has 0 saturated carbocycles. The van der Waals surface area contributed by atoms with Crippen LogP contribution in [-0.4, -0.2) is 13.2 Å². The summed E-state index contributed by atoms with van der Waals surface area (Å²) in [6, 6.07) is 0. The lowest BCUT2D eigenvalue weighted by Crippen LogP contribution is -2.02. The van der Waals surface area contributed by atoms with Gasteiger partial charge in [-0.25, -0.2) is 0 Å². The fourth-order valence-electron chi connectivity index (χ4n) is 0.347. The van der Waals surface area contributed by atoms with E-state index in [1.807, 2.05) is 13.8 Å². The maximum Gasteiger partial charge on any atom is 0.0846 e. The quantitative estimate of drug-likeness (QED) is 0.656. The lowest BCUT2D eigenvalue weighted by Gasteiger charge is -2.05. The number of allylic oxidation sites excluding steroid dienone is 1. The Hall–Kier alpha value is 0.430. The monoisotopic (exact) mass is 226 g/mol. The highest BCUT2D eigenvalue weighted by molar-refractivity contribution is 14.1. The van der Waals surface area contributed by atoms with E-state index in [1.54, 1.807) is 7.11 Å². The number of hydrogen-bond donors (Lipinski definition) is 0. The van der Waals surface area contributed by atoms with Gasteiger partial charge in [0.15, 0.2) is 0 Å². The Bertz CT molecular complexity index is 88.5. The van der Waals surface area contributed by atoms with E-state index >= 15 is 0 Å². The van der Waals surface area contributed by atoms with Crippen LogP contribution in [0.2, 0.25) is 0 Å². The van der Waals surface area contributed by atoms with Crippen molar-refractivity contribution in [1.29, 1.82) is 0 Å². The second-order valence-electron chi connectivity index (χ2n) is 1.55. The first-order valence-electron chi connectivity index (χ1n) is 2.56. The van der Waals surface area contributed by atoms with Gasteiger partial charge in [-0.3, -0.25) is 0 Å². The van der Waals surface area contributed by atoms with Crippen LogP contribution in [-0.2, 0) is 4.74 Å². The predicted octanol–water partition coefficient (Wildman–Crippen LogP) is 2.36. The van der Waals surface area contributed by atoms with E-state index in [2.05, 4.69) is 28.7 Å². The van der Waals surface area contributed by atoms with Gasteiger partial charge in [0, 0.05) is 10.7 Å². The highest BCUT2D eigenvalue weighted by Crippen LogP contribution is 2.12. The van der Waals surface area contributed by atoms with Crippen LogP contribution in [0.25, 0.3) is 0 Å². The highest BCUT2D eigenvalue weighted by Gasteiger charge is 1.99. The van der Waals surface area contributed by atoms with Crippen LogP contribution < -0.4 is 0 Å². The molecule has 48 valence electrons. The standard InChI is InChI=1S/C6H11IO/c1-4-6(7)5(2)8-3/h4-5H,1-3H3/b6-4+/t5-/m1/s1. The maximum absolute atomic E-state index is 5.03. The lowest BCUT2D eigenvalue weighted by molar-refractivity contribution is 0.155. The zero-order valence-electron chi connectivity index (χ0n) is 5.44. The highest BCUT2D eigenvalue weighted by atomic mass is 127. The molecule has 0 aromatic carbocycles. The Kier molecular flexibility index (Phi) is 4.56. The van der Waals surface area contributed by atoms with Crippen molar-refractivity contribution in [2.24, 2.45) is 0 Å². The molecule has 0 radical (unpaired) electrons. The normalized spacial score (nSPS) is 16.2. The summed E-state index contributed by atoms with van der Waals surface area (Å²) in [6.07, 6.45) is 2.31. The largest absolute Gasteiger partial charge is 0.377 e. The number of hydrogen-bond acceptors (Lipinski definition) is 1. The molecule has 0 aliphatic carbocycles. The Labute approximate surface area is 64.2 Å². The van der Waals surface area contributed by atoms with Gasteiger partial charge < -0.3 is 4.74 Å². The van der Waals surface area contributed by atoms with Gasteiger partial charge in [-0.2, -0.15) is 0 Å². The molecule has 0 aromatic heterocycles. The van der Waals surface area contributed by atoms with Gasteiger partial charge in [-0.15, -0.1) is 0 Å². The molecule has 1 atom stereocenters. The minimum Gasteiger partial charge on any atom is -0.377 e. The molecule has 0 heterocycles. The second kappa shape index (κ2) is 4.32. The van der Waals surface area contributed by atoms with Crippen LogP contribution in [0.1, 0.15) is 13.8 Å². The first-order valence-corrected chi connectivity index (χ1v) is 3.64. The van der Waals surface area contributed by atoms with Gasteiger partial charge in [0.1, 0.15) is 0 Å². The Balaban J connectivity index is 3.63. The average Bonchev–Trinajstić information content (AvgIpc) is 1.84. The summed E-state index contributed by atoms with van der Waals surface area (Å²) in [5.41, 5.74) is 0. The van der Waals surface area contributed by atoms with E-state index in [-0.39, 0.29) is 6.10 Å². The first kappa shape index (κ1) is 8.43.